The van der Waals surface area contributed by atoms with Crippen LogP contribution in [0.2, 0.25) is 0 Å². The highest BCUT2D eigenvalue weighted by Gasteiger charge is 2.39. The highest BCUT2D eigenvalue weighted by Crippen LogP contribution is 2.37. The molecule has 11 heteroatoms. The molecule has 0 spiro atoms. The molecule has 2 N–H and O–H groups in total. The monoisotopic (exact) mass is 529 g/mol. The first-order chi connectivity index (χ1) is 17.5. The van der Waals surface area contributed by atoms with E-state index in [1.54, 1.807) is 48.7 Å². The Morgan fingerprint density at radius 1 is 1.11 bits per heavy atom. The van der Waals surface area contributed by atoms with E-state index in [9.17, 15) is 13.2 Å². The zero-order chi connectivity index (χ0) is 26.8. The van der Waals surface area contributed by atoms with Crippen LogP contribution < -0.4 is 24.4 Å². The molecule has 37 heavy (non-hydrogen) atoms. The molecule has 1 saturated heterocycles. The summed E-state index contributed by atoms with van der Waals surface area (Å²) in [6, 6.07) is 12.8. The molecule has 1 aromatic carbocycles. The zero-order valence-electron chi connectivity index (χ0n) is 21.5. The van der Waals surface area contributed by atoms with Crippen molar-refractivity contribution in [1.29, 1.82) is 0 Å². The van der Waals surface area contributed by atoms with Gasteiger partial charge in [-0.2, -0.15) is 8.42 Å². The number of hydrogen-bond acceptors (Lipinski definition) is 9. The lowest BCUT2D eigenvalue weighted by Gasteiger charge is -2.33. The maximum absolute atomic E-state index is 13.2. The molecule has 1 aliphatic rings. The highest BCUT2D eigenvalue weighted by molar-refractivity contribution is 7.90. The first-order valence-electron chi connectivity index (χ1n) is 11.8. The summed E-state index contributed by atoms with van der Waals surface area (Å²) in [6.07, 6.45) is 2.54. The van der Waals surface area contributed by atoms with E-state index in [1.165, 1.54) is 20.3 Å². The number of carbonyl (C=O) groups excluding carboxylic acids is 1. The van der Waals surface area contributed by atoms with E-state index in [2.05, 4.69) is 45.7 Å². The Labute approximate surface area is 220 Å². The molecule has 2 aromatic heterocycles. The number of sulfonamides is 1. The number of ether oxygens (including phenoxy) is 2. The lowest BCUT2D eigenvalue weighted by molar-refractivity contribution is 0.0981. The van der Waals surface area contributed by atoms with Gasteiger partial charge in [-0.1, -0.05) is 13.0 Å². The lowest BCUT2D eigenvalue weighted by Crippen LogP contribution is -2.41. The van der Waals surface area contributed by atoms with Crippen LogP contribution in [-0.2, 0) is 10.0 Å². The molecule has 0 aliphatic carbocycles. The van der Waals surface area contributed by atoms with E-state index in [4.69, 9.17) is 9.47 Å². The van der Waals surface area contributed by atoms with Gasteiger partial charge >= 0.3 is 0 Å². The van der Waals surface area contributed by atoms with Crippen LogP contribution in [0.5, 0.6) is 11.5 Å². The number of rotatable bonds is 8. The van der Waals surface area contributed by atoms with E-state index in [0.29, 0.717) is 28.9 Å². The summed E-state index contributed by atoms with van der Waals surface area (Å²) in [5.41, 5.74) is 0.590. The van der Waals surface area contributed by atoms with Gasteiger partial charge in [-0.3, -0.25) is 4.79 Å². The van der Waals surface area contributed by atoms with Gasteiger partial charge in [0.15, 0.2) is 16.5 Å². The summed E-state index contributed by atoms with van der Waals surface area (Å²) >= 11 is 0. The third kappa shape index (κ3) is 5.61. The third-order valence-corrected chi connectivity index (χ3v) is 7.47. The molecule has 3 aromatic rings. The Morgan fingerprint density at radius 2 is 1.86 bits per heavy atom. The highest BCUT2D eigenvalue weighted by atomic mass is 32.2. The average Bonchev–Trinajstić information content (AvgIpc) is 3.15. The topological polar surface area (TPSA) is 123 Å². The lowest BCUT2D eigenvalue weighted by atomic mass is 9.97. The Bertz CT molecular complexity index is 1420. The van der Waals surface area contributed by atoms with E-state index < -0.39 is 15.9 Å². The number of hydrogen-bond donors (Lipinski definition) is 2. The molecule has 10 nitrogen and oxygen atoms in total. The number of aromatic nitrogens is 2. The maximum Gasteiger partial charge on any atom is 0.281 e. The number of methoxy groups -OCH3 is 2. The molecule has 1 fully saturated rings. The van der Waals surface area contributed by atoms with Gasteiger partial charge in [0, 0.05) is 32.9 Å². The summed E-state index contributed by atoms with van der Waals surface area (Å²) in [7, 11) is -1.21. The number of pyridine rings is 2. The summed E-state index contributed by atoms with van der Waals surface area (Å²) in [6.45, 7) is 7.04. The molecule has 1 amide bonds. The SMILES string of the molecule is COc1ccc(Nc2cccc(S(=O)(=O)NC(=O)c3cccnc3N3CC(C)CC3(C)C)n2)cc1OC.[HH].[HH]. The largest absolute Gasteiger partial charge is 0.493 e. The second kappa shape index (κ2) is 10.3. The van der Waals surface area contributed by atoms with E-state index in [0.717, 1.165) is 13.0 Å². The first kappa shape index (κ1) is 26.2. The standard InChI is InChI=1S/C26H31N5O5S.2H2/c1-17-15-26(2,3)31(16-17)24-19(8-7-13-27-24)25(32)30-37(33,34)23-10-6-9-22(29-23)28-18-11-12-20(35-4)21(14-18)36-5;;/h6-14,17H,15-16H2,1-5H3,(H,28,29)(H,30,32);2*1H. The average molecular weight is 530 g/mol. The first-order valence-corrected chi connectivity index (χ1v) is 13.3. The normalized spacial score (nSPS) is 16.8. The number of anilines is 3. The summed E-state index contributed by atoms with van der Waals surface area (Å²) in [5.74, 6) is 1.45. The van der Waals surface area contributed by atoms with Gasteiger partial charge in [0.25, 0.3) is 15.9 Å². The molecule has 1 atom stereocenters. The van der Waals surface area contributed by atoms with Crippen molar-refractivity contribution in [2.24, 2.45) is 5.92 Å². The van der Waals surface area contributed by atoms with Crippen LogP contribution in [-0.4, -0.2) is 50.6 Å². The van der Waals surface area contributed by atoms with Gasteiger partial charge in [-0.05, 0) is 62.6 Å². The van der Waals surface area contributed by atoms with E-state index in [-0.39, 0.29) is 24.8 Å². The van der Waals surface area contributed by atoms with Crippen molar-refractivity contribution >= 4 is 33.3 Å². The Morgan fingerprint density at radius 3 is 2.54 bits per heavy atom. The smallest absolute Gasteiger partial charge is 0.281 e. The van der Waals surface area contributed by atoms with Crippen molar-refractivity contribution < 1.29 is 25.5 Å². The van der Waals surface area contributed by atoms with Crippen molar-refractivity contribution in [3.8, 4) is 11.5 Å². The van der Waals surface area contributed by atoms with Crippen molar-refractivity contribution in [3.63, 3.8) is 0 Å². The fourth-order valence-electron chi connectivity index (χ4n) is 4.67. The zero-order valence-corrected chi connectivity index (χ0v) is 22.3. The van der Waals surface area contributed by atoms with Crippen molar-refractivity contribution in [1.82, 2.24) is 14.7 Å². The maximum atomic E-state index is 13.2. The summed E-state index contributed by atoms with van der Waals surface area (Å²) < 4.78 is 38.9. The van der Waals surface area contributed by atoms with Crippen LogP contribution in [0.4, 0.5) is 17.3 Å². The molecule has 0 saturated carbocycles. The van der Waals surface area contributed by atoms with Crippen LogP contribution in [0, 0.1) is 5.92 Å². The molecule has 1 unspecified atom stereocenters. The van der Waals surface area contributed by atoms with Gasteiger partial charge in [-0.25, -0.2) is 14.7 Å². The van der Waals surface area contributed by atoms with Gasteiger partial charge < -0.3 is 19.7 Å². The summed E-state index contributed by atoms with van der Waals surface area (Å²) in [5, 5.41) is 2.75. The second-order valence-corrected chi connectivity index (χ2v) is 11.2. The number of carbonyl (C=O) groups is 1. The predicted octanol–water partition coefficient (Wildman–Crippen LogP) is 4.47. The minimum absolute atomic E-state index is 0. The van der Waals surface area contributed by atoms with Crippen LogP contribution >= 0.6 is 0 Å². The van der Waals surface area contributed by atoms with Gasteiger partial charge in [0.05, 0.1) is 19.8 Å². The van der Waals surface area contributed by atoms with Crippen molar-refractivity contribution in [2.75, 3.05) is 31.0 Å². The Hall–Kier alpha value is -3.86. The number of amides is 1. The second-order valence-electron chi connectivity index (χ2n) is 9.60. The fraction of sp³-hybridized carbons (Fsp3) is 0.346. The molecular formula is C26H35N5O5S. The van der Waals surface area contributed by atoms with Crippen molar-refractivity contribution in [3.05, 3.63) is 60.3 Å². The van der Waals surface area contributed by atoms with Crippen molar-refractivity contribution in [2.45, 2.75) is 37.8 Å². The Balaban J connectivity index is 0.00000267. The molecule has 1 aliphatic heterocycles. The number of nitrogens with zero attached hydrogens (tertiary/aromatic N) is 3. The molecule has 4 rings (SSSR count). The fourth-order valence-corrected chi connectivity index (χ4v) is 5.61. The molecule has 0 radical (unpaired) electrons. The summed E-state index contributed by atoms with van der Waals surface area (Å²) in [4.78, 5) is 23.9. The van der Waals surface area contributed by atoms with Crippen LogP contribution in [0.15, 0.2) is 59.8 Å². The molecule has 200 valence electrons. The molecule has 3 heterocycles. The van der Waals surface area contributed by atoms with Gasteiger partial charge in [0.1, 0.15) is 11.6 Å². The number of benzene rings is 1. The third-order valence-electron chi connectivity index (χ3n) is 6.24. The predicted molar refractivity (Wildman–Crippen MR) is 145 cm³/mol. The van der Waals surface area contributed by atoms with E-state index >= 15 is 0 Å². The van der Waals surface area contributed by atoms with Crippen LogP contribution in [0.25, 0.3) is 0 Å². The van der Waals surface area contributed by atoms with Crippen LogP contribution in [0.1, 0.15) is 40.4 Å². The minimum Gasteiger partial charge on any atom is -0.493 e. The minimum atomic E-state index is -4.27. The van der Waals surface area contributed by atoms with Gasteiger partial charge in [-0.15, -0.1) is 0 Å². The van der Waals surface area contributed by atoms with Crippen LogP contribution in [0.3, 0.4) is 0 Å². The number of nitrogens with one attached hydrogen (secondary N) is 2. The van der Waals surface area contributed by atoms with E-state index in [1.807, 2.05) is 0 Å². The van der Waals surface area contributed by atoms with Gasteiger partial charge in [0.2, 0.25) is 0 Å². The molecular weight excluding hydrogens is 494 g/mol. The quantitative estimate of drug-likeness (QED) is 0.435. The Kier molecular flexibility index (Phi) is 7.26. The molecule has 0 bridgehead atoms.